The first-order valence-corrected chi connectivity index (χ1v) is 7.88. The van der Waals surface area contributed by atoms with E-state index in [9.17, 15) is 9.59 Å². The number of nitrogens with one attached hydrogen (secondary N) is 2. The zero-order chi connectivity index (χ0) is 18.2. The Morgan fingerprint density at radius 1 is 0.920 bits per heavy atom. The fourth-order valence-electron chi connectivity index (χ4n) is 2.14. The van der Waals surface area contributed by atoms with Crippen molar-refractivity contribution in [2.45, 2.75) is 20.3 Å². The van der Waals surface area contributed by atoms with Crippen LogP contribution in [-0.2, 0) is 16.0 Å². The van der Waals surface area contributed by atoms with Crippen molar-refractivity contribution in [2.24, 2.45) is 0 Å². The molecule has 132 valence electrons. The minimum absolute atomic E-state index is 0.134. The third kappa shape index (κ3) is 5.84. The van der Waals surface area contributed by atoms with Crippen LogP contribution in [-0.4, -0.2) is 25.5 Å². The Balaban J connectivity index is 1.75. The first kappa shape index (κ1) is 18.3. The lowest BCUT2D eigenvalue weighted by Gasteiger charge is -2.10. The number of hydrogen-bond acceptors (Lipinski definition) is 4. The van der Waals surface area contributed by atoms with Crippen LogP contribution in [0.5, 0.6) is 11.5 Å². The highest BCUT2D eigenvalue weighted by Crippen LogP contribution is 2.16. The molecule has 0 radical (unpaired) electrons. The topological polar surface area (TPSA) is 76.7 Å². The van der Waals surface area contributed by atoms with Gasteiger partial charge in [0.2, 0.25) is 5.91 Å². The van der Waals surface area contributed by atoms with Gasteiger partial charge in [-0.05, 0) is 54.8 Å². The van der Waals surface area contributed by atoms with Crippen LogP contribution in [0, 0.1) is 13.8 Å². The van der Waals surface area contributed by atoms with Crippen molar-refractivity contribution < 1.29 is 19.1 Å². The van der Waals surface area contributed by atoms with Crippen molar-refractivity contribution in [1.29, 1.82) is 0 Å². The molecule has 2 aromatic carbocycles. The number of methoxy groups -OCH3 is 1. The van der Waals surface area contributed by atoms with E-state index in [1.54, 1.807) is 31.4 Å². The smallest absolute Gasteiger partial charge is 0.276 e. The number of hydrogen-bond donors (Lipinski definition) is 2. The molecule has 0 atom stereocenters. The number of benzene rings is 2. The van der Waals surface area contributed by atoms with Crippen molar-refractivity contribution in [3.63, 3.8) is 0 Å². The quantitative estimate of drug-likeness (QED) is 0.788. The predicted molar refractivity (Wildman–Crippen MR) is 94.4 cm³/mol. The van der Waals surface area contributed by atoms with Crippen LogP contribution >= 0.6 is 0 Å². The van der Waals surface area contributed by atoms with Crippen LogP contribution < -0.4 is 20.3 Å². The number of carbonyl (C=O) groups excluding carboxylic acids is 2. The molecule has 0 aromatic heterocycles. The van der Waals surface area contributed by atoms with Gasteiger partial charge in [-0.15, -0.1) is 0 Å². The zero-order valence-electron chi connectivity index (χ0n) is 14.6. The van der Waals surface area contributed by atoms with Crippen molar-refractivity contribution in [3.05, 3.63) is 59.2 Å². The van der Waals surface area contributed by atoms with E-state index in [2.05, 4.69) is 10.9 Å². The second-order valence-electron chi connectivity index (χ2n) is 5.66. The normalized spacial score (nSPS) is 10.0. The van der Waals surface area contributed by atoms with Crippen LogP contribution in [0.25, 0.3) is 0 Å². The summed E-state index contributed by atoms with van der Waals surface area (Å²) < 4.78 is 10.5. The molecule has 2 amide bonds. The SMILES string of the molecule is COc1cccc(CC(=O)NNC(=O)COc2ccc(C)c(C)c2)c1. The van der Waals surface area contributed by atoms with Gasteiger partial charge in [-0.25, -0.2) is 0 Å². The highest BCUT2D eigenvalue weighted by Gasteiger charge is 2.07. The zero-order valence-corrected chi connectivity index (χ0v) is 14.6. The summed E-state index contributed by atoms with van der Waals surface area (Å²) in [5, 5.41) is 0. The van der Waals surface area contributed by atoms with E-state index in [0.717, 1.165) is 16.7 Å². The van der Waals surface area contributed by atoms with Gasteiger partial charge in [-0.1, -0.05) is 18.2 Å². The second kappa shape index (κ2) is 8.73. The molecule has 0 saturated heterocycles. The van der Waals surface area contributed by atoms with E-state index in [-0.39, 0.29) is 18.9 Å². The summed E-state index contributed by atoms with van der Waals surface area (Å²) in [6.07, 6.45) is 0.134. The summed E-state index contributed by atoms with van der Waals surface area (Å²) in [5.41, 5.74) is 7.73. The standard InChI is InChI=1S/C19H22N2O4/c1-13-7-8-17(9-14(13)2)25-12-19(23)21-20-18(22)11-15-5-4-6-16(10-15)24-3/h4-10H,11-12H2,1-3H3,(H,20,22)(H,21,23). The van der Waals surface area contributed by atoms with Gasteiger partial charge < -0.3 is 9.47 Å². The second-order valence-corrected chi connectivity index (χ2v) is 5.66. The number of ether oxygens (including phenoxy) is 2. The minimum Gasteiger partial charge on any atom is -0.497 e. The molecule has 2 N–H and O–H groups in total. The molecule has 2 rings (SSSR count). The number of aryl methyl sites for hydroxylation is 2. The molecule has 0 saturated carbocycles. The van der Waals surface area contributed by atoms with E-state index in [0.29, 0.717) is 11.5 Å². The van der Waals surface area contributed by atoms with Crippen LogP contribution in [0.15, 0.2) is 42.5 Å². The number of carbonyl (C=O) groups is 2. The molecular weight excluding hydrogens is 320 g/mol. The Hall–Kier alpha value is -3.02. The molecule has 0 bridgehead atoms. The van der Waals surface area contributed by atoms with E-state index in [4.69, 9.17) is 9.47 Å². The Kier molecular flexibility index (Phi) is 6.39. The summed E-state index contributed by atoms with van der Waals surface area (Å²) in [6.45, 7) is 3.80. The van der Waals surface area contributed by atoms with E-state index in [1.807, 2.05) is 32.0 Å². The number of hydrazine groups is 1. The molecule has 6 nitrogen and oxygen atoms in total. The van der Waals surface area contributed by atoms with Crippen LogP contribution in [0.3, 0.4) is 0 Å². The molecule has 0 spiro atoms. The lowest BCUT2D eigenvalue weighted by Crippen LogP contribution is -2.44. The van der Waals surface area contributed by atoms with Crippen molar-refractivity contribution >= 4 is 11.8 Å². The summed E-state index contributed by atoms with van der Waals surface area (Å²) in [7, 11) is 1.56. The summed E-state index contributed by atoms with van der Waals surface area (Å²) in [4.78, 5) is 23.6. The van der Waals surface area contributed by atoms with Gasteiger partial charge in [0.05, 0.1) is 13.5 Å². The first-order chi connectivity index (χ1) is 12.0. The third-order valence-corrected chi connectivity index (χ3v) is 3.69. The Morgan fingerprint density at radius 2 is 1.68 bits per heavy atom. The monoisotopic (exact) mass is 342 g/mol. The molecule has 0 aliphatic heterocycles. The predicted octanol–water partition coefficient (Wildman–Crippen LogP) is 2.08. The summed E-state index contributed by atoms with van der Waals surface area (Å²) in [5.74, 6) is 0.530. The van der Waals surface area contributed by atoms with E-state index < -0.39 is 5.91 Å². The Morgan fingerprint density at radius 3 is 2.40 bits per heavy atom. The van der Waals surface area contributed by atoms with Gasteiger partial charge in [-0.3, -0.25) is 20.4 Å². The summed E-state index contributed by atoms with van der Waals surface area (Å²) >= 11 is 0. The summed E-state index contributed by atoms with van der Waals surface area (Å²) in [6, 6.07) is 12.8. The maximum atomic E-state index is 11.9. The van der Waals surface area contributed by atoms with E-state index >= 15 is 0 Å². The van der Waals surface area contributed by atoms with Gasteiger partial charge in [0.25, 0.3) is 5.91 Å². The first-order valence-electron chi connectivity index (χ1n) is 7.88. The Labute approximate surface area is 147 Å². The van der Waals surface area contributed by atoms with Crippen LogP contribution in [0.2, 0.25) is 0 Å². The van der Waals surface area contributed by atoms with Gasteiger partial charge in [-0.2, -0.15) is 0 Å². The van der Waals surface area contributed by atoms with Crippen LogP contribution in [0.1, 0.15) is 16.7 Å². The van der Waals surface area contributed by atoms with Gasteiger partial charge in [0.1, 0.15) is 11.5 Å². The van der Waals surface area contributed by atoms with E-state index in [1.165, 1.54) is 0 Å². The Bertz CT molecular complexity index is 759. The number of amides is 2. The lowest BCUT2D eigenvalue weighted by atomic mass is 10.1. The largest absolute Gasteiger partial charge is 0.497 e. The number of rotatable bonds is 6. The lowest BCUT2D eigenvalue weighted by molar-refractivity contribution is -0.129. The van der Waals surface area contributed by atoms with Crippen molar-refractivity contribution in [3.8, 4) is 11.5 Å². The maximum absolute atomic E-state index is 11.9. The minimum atomic E-state index is -0.433. The maximum Gasteiger partial charge on any atom is 0.276 e. The van der Waals surface area contributed by atoms with Gasteiger partial charge in [0, 0.05) is 0 Å². The average molecular weight is 342 g/mol. The van der Waals surface area contributed by atoms with Crippen molar-refractivity contribution in [1.82, 2.24) is 10.9 Å². The van der Waals surface area contributed by atoms with Gasteiger partial charge in [0.15, 0.2) is 6.61 Å². The van der Waals surface area contributed by atoms with Crippen molar-refractivity contribution in [2.75, 3.05) is 13.7 Å². The molecule has 2 aromatic rings. The molecule has 6 heteroatoms. The fourth-order valence-corrected chi connectivity index (χ4v) is 2.14. The highest BCUT2D eigenvalue weighted by atomic mass is 16.5. The molecule has 0 fully saturated rings. The molecular formula is C19H22N2O4. The third-order valence-electron chi connectivity index (χ3n) is 3.69. The highest BCUT2D eigenvalue weighted by molar-refractivity contribution is 5.83. The van der Waals surface area contributed by atoms with Gasteiger partial charge >= 0.3 is 0 Å². The molecule has 0 aliphatic rings. The molecule has 25 heavy (non-hydrogen) atoms. The molecule has 0 heterocycles. The molecule has 0 aliphatic carbocycles. The average Bonchev–Trinajstić information content (AvgIpc) is 2.61. The fraction of sp³-hybridized carbons (Fsp3) is 0.263. The van der Waals surface area contributed by atoms with Crippen LogP contribution in [0.4, 0.5) is 0 Å². The molecule has 0 unspecified atom stereocenters.